The molecule has 3 rings (SSSR count). The highest BCUT2D eigenvalue weighted by atomic mass is 16.2. The van der Waals surface area contributed by atoms with Crippen LogP contribution in [0.5, 0.6) is 0 Å². The number of rotatable bonds is 3. The zero-order valence-corrected chi connectivity index (χ0v) is 10.8. The number of carbonyl (C=O) groups is 2. The third-order valence-electron chi connectivity index (χ3n) is 4.51. The molecule has 3 N–H and O–H groups in total. The van der Waals surface area contributed by atoms with E-state index in [1.54, 1.807) is 24.3 Å². The number of hydrogen-bond donors (Lipinski definition) is 2. The Kier molecular flexibility index (Phi) is 3.01. The summed E-state index contributed by atoms with van der Waals surface area (Å²) in [5.41, 5.74) is 6.37. The first-order valence-corrected chi connectivity index (χ1v) is 6.84. The minimum atomic E-state index is -0.453. The molecule has 2 fully saturated rings. The summed E-state index contributed by atoms with van der Waals surface area (Å²) < 4.78 is 0. The van der Waals surface area contributed by atoms with Gasteiger partial charge in [-0.2, -0.15) is 0 Å². The number of carbonyl (C=O) groups excluding carboxylic acids is 2. The normalized spacial score (nSPS) is 28.3. The second-order valence-corrected chi connectivity index (χ2v) is 5.71. The maximum atomic E-state index is 12.2. The number of primary amides is 1. The summed E-state index contributed by atoms with van der Waals surface area (Å²) in [5, 5.41) is 2.94. The molecule has 1 aromatic carbocycles. The Morgan fingerprint density at radius 1 is 1.11 bits per heavy atom. The Bertz CT molecular complexity index is 509. The lowest BCUT2D eigenvalue weighted by molar-refractivity contribution is -0.121. The van der Waals surface area contributed by atoms with E-state index in [0.29, 0.717) is 11.5 Å². The van der Waals surface area contributed by atoms with Crippen LogP contribution in [-0.4, -0.2) is 11.8 Å². The summed E-state index contributed by atoms with van der Waals surface area (Å²) in [6.45, 7) is 0. The van der Waals surface area contributed by atoms with E-state index in [-0.39, 0.29) is 11.8 Å². The highest BCUT2D eigenvalue weighted by molar-refractivity contribution is 5.95. The van der Waals surface area contributed by atoms with Gasteiger partial charge in [-0.25, -0.2) is 0 Å². The van der Waals surface area contributed by atoms with E-state index < -0.39 is 5.91 Å². The lowest BCUT2D eigenvalue weighted by Crippen LogP contribution is -2.27. The molecule has 1 aromatic rings. The second-order valence-electron chi connectivity index (χ2n) is 5.71. The molecule has 0 aromatic heterocycles. The molecule has 0 saturated heterocycles. The number of benzene rings is 1. The van der Waals surface area contributed by atoms with E-state index in [4.69, 9.17) is 5.73 Å². The fourth-order valence-corrected chi connectivity index (χ4v) is 3.52. The Labute approximate surface area is 112 Å². The van der Waals surface area contributed by atoms with E-state index in [2.05, 4.69) is 5.32 Å². The SMILES string of the molecule is NC(=O)c1ccc(NC(=O)C2CC3CCC2C3)cc1. The third kappa shape index (κ3) is 2.35. The van der Waals surface area contributed by atoms with Crippen molar-refractivity contribution < 1.29 is 9.59 Å². The molecule has 0 spiro atoms. The topological polar surface area (TPSA) is 72.2 Å². The summed E-state index contributed by atoms with van der Waals surface area (Å²) in [5.74, 6) is 1.19. The van der Waals surface area contributed by atoms with Crippen LogP contribution in [0, 0.1) is 17.8 Å². The maximum absolute atomic E-state index is 12.2. The summed E-state index contributed by atoms with van der Waals surface area (Å²) in [7, 11) is 0. The van der Waals surface area contributed by atoms with Crippen LogP contribution >= 0.6 is 0 Å². The van der Waals surface area contributed by atoms with Crippen molar-refractivity contribution in [2.45, 2.75) is 25.7 Å². The average Bonchev–Trinajstić information content (AvgIpc) is 3.01. The zero-order valence-electron chi connectivity index (χ0n) is 10.8. The van der Waals surface area contributed by atoms with Crippen LogP contribution in [0.25, 0.3) is 0 Å². The van der Waals surface area contributed by atoms with Crippen LogP contribution in [0.2, 0.25) is 0 Å². The quantitative estimate of drug-likeness (QED) is 0.872. The number of amides is 2. The van der Waals surface area contributed by atoms with Gasteiger partial charge in [0.1, 0.15) is 0 Å². The van der Waals surface area contributed by atoms with E-state index in [1.807, 2.05) is 0 Å². The molecule has 3 unspecified atom stereocenters. The Morgan fingerprint density at radius 2 is 1.84 bits per heavy atom. The van der Waals surface area contributed by atoms with E-state index >= 15 is 0 Å². The minimum absolute atomic E-state index is 0.124. The molecule has 2 aliphatic carbocycles. The average molecular weight is 258 g/mol. The second kappa shape index (κ2) is 4.68. The van der Waals surface area contributed by atoms with Gasteiger partial charge in [-0.05, 0) is 55.4 Å². The summed E-state index contributed by atoms with van der Waals surface area (Å²) in [6.07, 6.45) is 4.75. The Hall–Kier alpha value is -1.84. The van der Waals surface area contributed by atoms with Crippen molar-refractivity contribution in [1.82, 2.24) is 0 Å². The van der Waals surface area contributed by atoms with Gasteiger partial charge in [0.2, 0.25) is 11.8 Å². The van der Waals surface area contributed by atoms with E-state index in [1.165, 1.54) is 19.3 Å². The molecular formula is C15H18N2O2. The Balaban J connectivity index is 1.64. The Morgan fingerprint density at radius 3 is 2.37 bits per heavy atom. The van der Waals surface area contributed by atoms with Crippen molar-refractivity contribution >= 4 is 17.5 Å². The first-order valence-electron chi connectivity index (χ1n) is 6.84. The van der Waals surface area contributed by atoms with E-state index in [9.17, 15) is 9.59 Å². The fourth-order valence-electron chi connectivity index (χ4n) is 3.52. The number of nitrogens with two attached hydrogens (primary N) is 1. The van der Waals surface area contributed by atoms with Gasteiger partial charge in [-0.3, -0.25) is 9.59 Å². The van der Waals surface area contributed by atoms with Gasteiger partial charge in [0.05, 0.1) is 0 Å². The van der Waals surface area contributed by atoms with Crippen LogP contribution in [0.1, 0.15) is 36.0 Å². The molecule has 2 aliphatic rings. The molecular weight excluding hydrogens is 240 g/mol. The molecule has 2 bridgehead atoms. The van der Waals surface area contributed by atoms with Gasteiger partial charge >= 0.3 is 0 Å². The summed E-state index contributed by atoms with van der Waals surface area (Å²) in [4.78, 5) is 23.2. The molecule has 4 heteroatoms. The molecule has 3 atom stereocenters. The van der Waals surface area contributed by atoms with E-state index in [0.717, 1.165) is 18.0 Å². The van der Waals surface area contributed by atoms with Crippen molar-refractivity contribution in [3.8, 4) is 0 Å². The zero-order chi connectivity index (χ0) is 13.4. The van der Waals surface area contributed by atoms with Crippen molar-refractivity contribution in [2.75, 3.05) is 5.32 Å². The lowest BCUT2D eigenvalue weighted by atomic mass is 9.88. The maximum Gasteiger partial charge on any atom is 0.248 e. The standard InChI is InChI=1S/C15H18N2O2/c16-14(18)10-3-5-12(6-4-10)17-15(19)13-8-9-1-2-11(13)7-9/h3-6,9,11,13H,1-2,7-8H2,(H2,16,18)(H,17,19). The molecule has 4 nitrogen and oxygen atoms in total. The molecule has 2 amide bonds. The number of anilines is 1. The highest BCUT2D eigenvalue weighted by Gasteiger charge is 2.42. The van der Waals surface area contributed by atoms with Gasteiger partial charge < -0.3 is 11.1 Å². The van der Waals surface area contributed by atoms with Crippen molar-refractivity contribution in [3.05, 3.63) is 29.8 Å². The predicted molar refractivity (Wildman–Crippen MR) is 72.5 cm³/mol. The van der Waals surface area contributed by atoms with Crippen LogP contribution in [0.4, 0.5) is 5.69 Å². The smallest absolute Gasteiger partial charge is 0.248 e. The fraction of sp³-hybridized carbons (Fsp3) is 0.467. The number of hydrogen-bond acceptors (Lipinski definition) is 2. The molecule has 0 radical (unpaired) electrons. The van der Waals surface area contributed by atoms with Crippen LogP contribution in [-0.2, 0) is 4.79 Å². The molecule has 2 saturated carbocycles. The number of nitrogens with one attached hydrogen (secondary N) is 1. The molecule has 100 valence electrons. The largest absolute Gasteiger partial charge is 0.366 e. The van der Waals surface area contributed by atoms with Gasteiger partial charge in [0.15, 0.2) is 0 Å². The van der Waals surface area contributed by atoms with Crippen LogP contribution in [0.3, 0.4) is 0 Å². The van der Waals surface area contributed by atoms with Crippen molar-refractivity contribution in [1.29, 1.82) is 0 Å². The lowest BCUT2D eigenvalue weighted by Gasteiger charge is -2.20. The van der Waals surface area contributed by atoms with Gasteiger partial charge in [-0.15, -0.1) is 0 Å². The highest BCUT2D eigenvalue weighted by Crippen LogP contribution is 2.48. The van der Waals surface area contributed by atoms with Crippen molar-refractivity contribution in [3.63, 3.8) is 0 Å². The molecule has 0 heterocycles. The first-order chi connectivity index (χ1) is 9.13. The molecule has 0 aliphatic heterocycles. The monoisotopic (exact) mass is 258 g/mol. The first kappa shape index (κ1) is 12.2. The van der Waals surface area contributed by atoms with Gasteiger partial charge in [-0.1, -0.05) is 6.42 Å². The van der Waals surface area contributed by atoms with Gasteiger partial charge in [0, 0.05) is 17.2 Å². The predicted octanol–water partition coefficient (Wildman–Crippen LogP) is 2.16. The molecule has 19 heavy (non-hydrogen) atoms. The van der Waals surface area contributed by atoms with Gasteiger partial charge in [0.25, 0.3) is 0 Å². The summed E-state index contributed by atoms with van der Waals surface area (Å²) >= 11 is 0. The minimum Gasteiger partial charge on any atom is -0.366 e. The summed E-state index contributed by atoms with van der Waals surface area (Å²) in [6, 6.07) is 6.73. The van der Waals surface area contributed by atoms with Crippen LogP contribution in [0.15, 0.2) is 24.3 Å². The third-order valence-corrected chi connectivity index (χ3v) is 4.51. The van der Waals surface area contributed by atoms with Crippen molar-refractivity contribution in [2.24, 2.45) is 23.5 Å². The van der Waals surface area contributed by atoms with Crippen LogP contribution < -0.4 is 11.1 Å². The number of fused-ring (bicyclic) bond motifs is 2.